The predicted octanol–water partition coefficient (Wildman–Crippen LogP) is 3.79. The quantitative estimate of drug-likeness (QED) is 0.880. The summed E-state index contributed by atoms with van der Waals surface area (Å²) in [5, 5.41) is 3.26. The van der Waals surface area contributed by atoms with Gasteiger partial charge in [0.05, 0.1) is 18.5 Å². The summed E-state index contributed by atoms with van der Waals surface area (Å²) >= 11 is 0. The van der Waals surface area contributed by atoms with Crippen LogP contribution in [-0.4, -0.2) is 23.3 Å². The molecule has 0 spiro atoms. The second kappa shape index (κ2) is 7.55. The van der Waals surface area contributed by atoms with E-state index in [9.17, 15) is 9.59 Å². The van der Waals surface area contributed by atoms with E-state index in [4.69, 9.17) is 0 Å². The molecular weight excluding hydrogens is 336 g/mol. The zero-order valence-corrected chi connectivity index (χ0v) is 15.7. The van der Waals surface area contributed by atoms with E-state index < -0.39 is 0 Å². The van der Waals surface area contributed by atoms with Crippen LogP contribution in [-0.2, 0) is 16.0 Å². The normalized spacial score (nSPS) is 19.9. The molecule has 1 saturated carbocycles. The van der Waals surface area contributed by atoms with E-state index in [0.29, 0.717) is 18.9 Å². The van der Waals surface area contributed by atoms with Crippen molar-refractivity contribution in [3.05, 3.63) is 71.3 Å². The Bertz CT molecular complexity index is 829. The van der Waals surface area contributed by atoms with E-state index in [0.717, 1.165) is 24.8 Å². The number of carbonyl (C=O) groups is 2. The molecule has 2 unspecified atom stereocenters. The number of nitrogens with zero attached hydrogens (tertiary/aromatic N) is 1. The highest BCUT2D eigenvalue weighted by atomic mass is 16.2. The van der Waals surface area contributed by atoms with Crippen LogP contribution in [0.4, 0.5) is 0 Å². The van der Waals surface area contributed by atoms with Crippen LogP contribution in [0, 0.1) is 5.92 Å². The van der Waals surface area contributed by atoms with Crippen molar-refractivity contribution in [2.45, 2.75) is 44.7 Å². The Labute approximate surface area is 160 Å². The Balaban J connectivity index is 1.53. The van der Waals surface area contributed by atoms with Crippen molar-refractivity contribution in [3.63, 3.8) is 0 Å². The third-order valence-corrected chi connectivity index (χ3v) is 5.76. The lowest BCUT2D eigenvalue weighted by Gasteiger charge is -2.37. The van der Waals surface area contributed by atoms with Crippen molar-refractivity contribution in [3.8, 4) is 0 Å². The van der Waals surface area contributed by atoms with Crippen LogP contribution < -0.4 is 5.32 Å². The molecule has 1 aliphatic carbocycles. The van der Waals surface area contributed by atoms with E-state index >= 15 is 0 Å². The molecule has 1 heterocycles. The smallest absolute Gasteiger partial charge is 0.222 e. The summed E-state index contributed by atoms with van der Waals surface area (Å²) in [5.41, 5.74) is 3.52. The van der Waals surface area contributed by atoms with Gasteiger partial charge in [0.25, 0.3) is 0 Å². The maximum atomic E-state index is 13.0. The molecule has 140 valence electrons. The van der Waals surface area contributed by atoms with Gasteiger partial charge in [0, 0.05) is 13.5 Å². The van der Waals surface area contributed by atoms with Crippen molar-refractivity contribution in [1.82, 2.24) is 10.2 Å². The fraction of sp³-hybridized carbons (Fsp3) is 0.391. The minimum atomic E-state index is -0.178. The average molecular weight is 362 g/mol. The monoisotopic (exact) mass is 362 g/mol. The molecule has 2 atom stereocenters. The fourth-order valence-electron chi connectivity index (χ4n) is 4.22. The molecule has 2 aromatic rings. The van der Waals surface area contributed by atoms with Crippen LogP contribution >= 0.6 is 0 Å². The topological polar surface area (TPSA) is 49.4 Å². The van der Waals surface area contributed by atoms with E-state index in [1.165, 1.54) is 11.1 Å². The number of amides is 2. The maximum absolute atomic E-state index is 13.0. The molecule has 4 nitrogen and oxygen atoms in total. The summed E-state index contributed by atoms with van der Waals surface area (Å²) in [6.45, 7) is 2.27. The second-order valence-electron chi connectivity index (χ2n) is 7.67. The molecule has 27 heavy (non-hydrogen) atoms. The predicted molar refractivity (Wildman–Crippen MR) is 105 cm³/mol. The van der Waals surface area contributed by atoms with E-state index in [2.05, 4.69) is 29.6 Å². The van der Waals surface area contributed by atoms with Gasteiger partial charge in [0.15, 0.2) is 0 Å². The van der Waals surface area contributed by atoms with E-state index in [1.54, 1.807) is 6.92 Å². The van der Waals surface area contributed by atoms with Gasteiger partial charge >= 0.3 is 0 Å². The zero-order chi connectivity index (χ0) is 18.8. The summed E-state index contributed by atoms with van der Waals surface area (Å²) in [4.78, 5) is 27.0. The van der Waals surface area contributed by atoms with Crippen molar-refractivity contribution >= 4 is 11.8 Å². The Morgan fingerprint density at radius 1 is 1.07 bits per heavy atom. The van der Waals surface area contributed by atoms with Gasteiger partial charge in [0.2, 0.25) is 11.8 Å². The first kappa shape index (κ1) is 17.8. The maximum Gasteiger partial charge on any atom is 0.222 e. The number of nitrogens with one attached hydrogen (secondary N) is 1. The summed E-state index contributed by atoms with van der Waals surface area (Å²) in [5.74, 6) is 0.576. The molecule has 1 aliphatic heterocycles. The molecule has 2 aliphatic rings. The molecule has 0 bridgehead atoms. The number of benzene rings is 2. The van der Waals surface area contributed by atoms with E-state index in [1.807, 2.05) is 35.2 Å². The largest absolute Gasteiger partial charge is 0.349 e. The number of hydrogen-bond acceptors (Lipinski definition) is 2. The summed E-state index contributed by atoms with van der Waals surface area (Å²) in [6.07, 6.45) is 3.48. The SMILES string of the molecule is CC(=O)N1CCc2ccccc2C1CC(=O)NC(c1ccccc1)C1CC1. The first-order valence-corrected chi connectivity index (χ1v) is 9.83. The Morgan fingerprint density at radius 2 is 1.78 bits per heavy atom. The molecule has 1 fully saturated rings. The molecule has 0 aromatic heterocycles. The number of fused-ring (bicyclic) bond motifs is 1. The van der Waals surface area contributed by atoms with Gasteiger partial charge in [0.1, 0.15) is 0 Å². The van der Waals surface area contributed by atoms with Crippen molar-refractivity contribution in [2.75, 3.05) is 6.54 Å². The summed E-state index contributed by atoms with van der Waals surface area (Å²) in [7, 11) is 0. The van der Waals surface area contributed by atoms with Gasteiger partial charge in [-0.05, 0) is 41.9 Å². The van der Waals surface area contributed by atoms with Gasteiger partial charge in [-0.2, -0.15) is 0 Å². The van der Waals surface area contributed by atoms with Gasteiger partial charge in [-0.25, -0.2) is 0 Å². The number of hydrogen-bond donors (Lipinski definition) is 1. The lowest BCUT2D eigenvalue weighted by molar-refractivity contribution is -0.133. The number of carbonyl (C=O) groups excluding carboxylic acids is 2. The van der Waals surface area contributed by atoms with Crippen molar-refractivity contribution in [1.29, 1.82) is 0 Å². The minimum Gasteiger partial charge on any atom is -0.349 e. The van der Waals surface area contributed by atoms with Crippen LogP contribution in [0.1, 0.15) is 55.0 Å². The lowest BCUT2D eigenvalue weighted by Crippen LogP contribution is -2.41. The average Bonchev–Trinajstić information content (AvgIpc) is 3.52. The Hall–Kier alpha value is -2.62. The molecule has 0 saturated heterocycles. The van der Waals surface area contributed by atoms with Crippen LogP contribution in [0.5, 0.6) is 0 Å². The highest BCUT2D eigenvalue weighted by Gasteiger charge is 2.35. The molecule has 2 amide bonds. The third-order valence-electron chi connectivity index (χ3n) is 5.76. The molecule has 0 radical (unpaired) electrons. The lowest BCUT2D eigenvalue weighted by atomic mass is 9.90. The van der Waals surface area contributed by atoms with Crippen molar-refractivity contribution < 1.29 is 9.59 Å². The molecule has 4 heteroatoms. The summed E-state index contributed by atoms with van der Waals surface area (Å²) in [6, 6.07) is 18.3. The second-order valence-corrected chi connectivity index (χ2v) is 7.67. The molecule has 2 aromatic carbocycles. The molecule has 4 rings (SSSR count). The van der Waals surface area contributed by atoms with Gasteiger partial charge in [-0.1, -0.05) is 54.6 Å². The highest BCUT2D eigenvalue weighted by molar-refractivity contribution is 5.80. The Morgan fingerprint density at radius 3 is 2.48 bits per heavy atom. The van der Waals surface area contributed by atoms with Gasteiger partial charge in [-0.15, -0.1) is 0 Å². The fourth-order valence-corrected chi connectivity index (χ4v) is 4.22. The van der Waals surface area contributed by atoms with Crippen LogP contribution in [0.15, 0.2) is 54.6 Å². The number of rotatable bonds is 5. The first-order valence-electron chi connectivity index (χ1n) is 9.83. The standard InChI is InChI=1S/C23H26N2O2/c1-16(26)25-14-13-17-7-5-6-10-20(17)21(25)15-22(27)24-23(19-11-12-19)18-8-3-2-4-9-18/h2-10,19,21,23H,11-15H2,1H3,(H,24,27). The zero-order valence-electron chi connectivity index (χ0n) is 15.7. The Kier molecular flexibility index (Phi) is 4.97. The first-order chi connectivity index (χ1) is 13.1. The molecule has 1 N–H and O–H groups in total. The van der Waals surface area contributed by atoms with Crippen molar-refractivity contribution in [2.24, 2.45) is 5.92 Å². The molecular formula is C23H26N2O2. The van der Waals surface area contributed by atoms with Gasteiger partial charge < -0.3 is 10.2 Å². The minimum absolute atomic E-state index is 0.0173. The van der Waals surface area contributed by atoms with Crippen LogP contribution in [0.25, 0.3) is 0 Å². The third kappa shape index (κ3) is 3.90. The van der Waals surface area contributed by atoms with Crippen LogP contribution in [0.3, 0.4) is 0 Å². The van der Waals surface area contributed by atoms with E-state index in [-0.39, 0.29) is 23.9 Å². The van der Waals surface area contributed by atoms with Crippen LogP contribution in [0.2, 0.25) is 0 Å². The summed E-state index contributed by atoms with van der Waals surface area (Å²) < 4.78 is 0. The van der Waals surface area contributed by atoms with Gasteiger partial charge in [-0.3, -0.25) is 9.59 Å². The highest BCUT2D eigenvalue weighted by Crippen LogP contribution is 2.41.